The van der Waals surface area contributed by atoms with E-state index in [1.807, 2.05) is 39.9 Å². The minimum absolute atomic E-state index is 0.0475. The standard InChI is InChI=1S/C19H16N2O3S3/c1-11(22)24-17-15(12-5-2-8-25-12)21(19(17)23)18-16(13-6-3-9-26-13)20(18)14-7-4-10-27-14/h2-10,15-18H,1H3/t15?,16-,17?,18+,20?/m0/s1. The molecule has 2 aliphatic heterocycles. The third-order valence-corrected chi connectivity index (χ3v) is 7.64. The second-order valence-electron chi connectivity index (χ2n) is 6.47. The van der Waals surface area contributed by atoms with E-state index in [1.54, 1.807) is 34.0 Å². The van der Waals surface area contributed by atoms with Crippen molar-refractivity contribution in [2.75, 3.05) is 4.90 Å². The van der Waals surface area contributed by atoms with E-state index in [0.29, 0.717) is 0 Å². The van der Waals surface area contributed by atoms with Crippen molar-refractivity contribution < 1.29 is 14.3 Å². The second kappa shape index (κ2) is 6.47. The number of thiophene rings is 3. The van der Waals surface area contributed by atoms with Gasteiger partial charge in [-0.05, 0) is 40.4 Å². The Morgan fingerprint density at radius 2 is 1.56 bits per heavy atom. The van der Waals surface area contributed by atoms with E-state index in [0.717, 1.165) is 9.88 Å². The Labute approximate surface area is 168 Å². The number of nitrogens with zero attached hydrogens (tertiary/aromatic N) is 2. The van der Waals surface area contributed by atoms with Gasteiger partial charge in [0.25, 0.3) is 5.91 Å². The first-order valence-electron chi connectivity index (χ1n) is 8.55. The van der Waals surface area contributed by atoms with Crippen molar-refractivity contribution in [3.63, 3.8) is 0 Å². The zero-order valence-corrected chi connectivity index (χ0v) is 16.8. The SMILES string of the molecule is CC(=O)OC1C(=O)N([C@@H]2[C@H](c3cccs3)N2c2cccs2)C1c1cccs1. The van der Waals surface area contributed by atoms with Crippen LogP contribution in [0.4, 0.5) is 5.00 Å². The largest absolute Gasteiger partial charge is 0.450 e. The highest BCUT2D eigenvalue weighted by molar-refractivity contribution is 7.14. The molecule has 3 aromatic rings. The van der Waals surface area contributed by atoms with Crippen LogP contribution in [0.15, 0.2) is 52.5 Å². The molecule has 8 heteroatoms. The van der Waals surface area contributed by atoms with E-state index in [-0.39, 0.29) is 24.2 Å². The third-order valence-electron chi connectivity index (χ3n) is 4.87. The summed E-state index contributed by atoms with van der Waals surface area (Å²) in [7, 11) is 0. The van der Waals surface area contributed by atoms with Crippen molar-refractivity contribution >= 4 is 50.9 Å². The molecule has 0 saturated carbocycles. The van der Waals surface area contributed by atoms with E-state index in [2.05, 4.69) is 22.4 Å². The molecule has 2 unspecified atom stereocenters. The van der Waals surface area contributed by atoms with Gasteiger partial charge in [-0.2, -0.15) is 0 Å². The molecule has 2 aliphatic rings. The van der Waals surface area contributed by atoms with E-state index >= 15 is 0 Å². The summed E-state index contributed by atoms with van der Waals surface area (Å²) in [6.45, 7) is 1.35. The van der Waals surface area contributed by atoms with Gasteiger partial charge in [-0.3, -0.25) is 9.59 Å². The molecule has 0 spiro atoms. The lowest BCUT2D eigenvalue weighted by Crippen LogP contribution is -2.61. The highest BCUT2D eigenvalue weighted by atomic mass is 32.1. The van der Waals surface area contributed by atoms with Crippen molar-refractivity contribution in [3.8, 4) is 0 Å². The summed E-state index contributed by atoms with van der Waals surface area (Å²) < 4.78 is 5.36. The summed E-state index contributed by atoms with van der Waals surface area (Å²) in [5.41, 5.74) is 0. The summed E-state index contributed by atoms with van der Waals surface area (Å²) >= 11 is 4.96. The maximum atomic E-state index is 12.9. The Hall–Kier alpha value is -2.16. The van der Waals surface area contributed by atoms with Gasteiger partial charge in [-0.1, -0.05) is 12.1 Å². The van der Waals surface area contributed by atoms with Gasteiger partial charge in [-0.25, -0.2) is 0 Å². The molecule has 5 heterocycles. The number of rotatable bonds is 5. The maximum Gasteiger partial charge on any atom is 0.303 e. The summed E-state index contributed by atoms with van der Waals surface area (Å²) in [6.07, 6.45) is -0.773. The van der Waals surface area contributed by atoms with Gasteiger partial charge < -0.3 is 14.5 Å². The zero-order valence-electron chi connectivity index (χ0n) is 14.3. The molecule has 0 aliphatic carbocycles. The molecular formula is C19H16N2O3S3. The van der Waals surface area contributed by atoms with Crippen LogP contribution in [0.25, 0.3) is 0 Å². The van der Waals surface area contributed by atoms with Gasteiger partial charge in [0, 0.05) is 16.7 Å². The Morgan fingerprint density at radius 1 is 0.926 bits per heavy atom. The topological polar surface area (TPSA) is 49.6 Å². The first-order chi connectivity index (χ1) is 13.2. The number of carbonyl (C=O) groups is 2. The molecule has 2 fully saturated rings. The number of ether oxygens (including phenoxy) is 1. The Bertz CT molecular complexity index is 912. The van der Waals surface area contributed by atoms with Gasteiger partial charge in [-0.15, -0.1) is 34.0 Å². The van der Waals surface area contributed by atoms with E-state index in [1.165, 1.54) is 11.8 Å². The van der Waals surface area contributed by atoms with Crippen LogP contribution in [-0.2, 0) is 14.3 Å². The number of likely N-dealkylation sites (tertiary alicyclic amines) is 1. The molecule has 0 bridgehead atoms. The molecule has 138 valence electrons. The number of carbonyl (C=O) groups excluding carboxylic acids is 2. The molecule has 4 atom stereocenters. The molecule has 27 heavy (non-hydrogen) atoms. The first kappa shape index (κ1) is 17.0. The molecule has 0 N–H and O–H groups in total. The van der Waals surface area contributed by atoms with Crippen LogP contribution in [0.3, 0.4) is 0 Å². The number of anilines is 1. The van der Waals surface area contributed by atoms with Crippen molar-refractivity contribution in [2.24, 2.45) is 0 Å². The summed E-state index contributed by atoms with van der Waals surface area (Å²) in [5.74, 6) is -0.538. The van der Waals surface area contributed by atoms with Crippen LogP contribution in [-0.4, -0.2) is 29.0 Å². The lowest BCUT2D eigenvalue weighted by atomic mass is 9.95. The zero-order chi connectivity index (χ0) is 18.5. The Balaban J connectivity index is 1.50. The summed E-state index contributed by atoms with van der Waals surface area (Å²) in [5, 5.41) is 7.24. The summed E-state index contributed by atoms with van der Waals surface area (Å²) in [6, 6.07) is 12.2. The first-order valence-corrected chi connectivity index (χ1v) is 11.2. The quantitative estimate of drug-likeness (QED) is 0.354. The van der Waals surface area contributed by atoms with Crippen LogP contribution in [0.5, 0.6) is 0 Å². The van der Waals surface area contributed by atoms with Crippen LogP contribution in [0.2, 0.25) is 0 Å². The fraction of sp³-hybridized carbons (Fsp3) is 0.263. The predicted octanol–water partition coefficient (Wildman–Crippen LogP) is 4.27. The molecule has 0 radical (unpaired) electrons. The number of hydrogen-bond acceptors (Lipinski definition) is 7. The second-order valence-corrected chi connectivity index (χ2v) is 9.35. The highest BCUT2D eigenvalue weighted by Gasteiger charge is 2.64. The van der Waals surface area contributed by atoms with E-state index < -0.39 is 12.1 Å². The van der Waals surface area contributed by atoms with Crippen molar-refractivity contribution in [1.82, 2.24) is 4.90 Å². The van der Waals surface area contributed by atoms with Crippen molar-refractivity contribution in [1.29, 1.82) is 0 Å². The minimum Gasteiger partial charge on any atom is -0.450 e. The average molecular weight is 417 g/mol. The monoisotopic (exact) mass is 416 g/mol. The molecule has 5 rings (SSSR count). The van der Waals surface area contributed by atoms with Crippen LogP contribution >= 0.6 is 34.0 Å². The fourth-order valence-electron chi connectivity index (χ4n) is 3.75. The van der Waals surface area contributed by atoms with Gasteiger partial charge in [0.1, 0.15) is 18.2 Å². The number of β-lactam (4-membered cyclic amide) rings is 1. The number of esters is 1. The molecule has 1 amide bonds. The van der Waals surface area contributed by atoms with Crippen LogP contribution in [0, 0.1) is 0 Å². The molecular weight excluding hydrogens is 400 g/mol. The average Bonchev–Trinajstić information content (AvgIpc) is 3.23. The van der Waals surface area contributed by atoms with Gasteiger partial charge >= 0.3 is 5.97 Å². The van der Waals surface area contributed by atoms with Gasteiger partial charge in [0.05, 0.1) is 5.00 Å². The maximum absolute atomic E-state index is 12.9. The Kier molecular flexibility index (Phi) is 4.07. The molecule has 3 aromatic heterocycles. The fourth-order valence-corrected chi connectivity index (χ4v) is 6.24. The van der Waals surface area contributed by atoms with Gasteiger partial charge in [0.2, 0.25) is 6.10 Å². The minimum atomic E-state index is -0.726. The van der Waals surface area contributed by atoms with E-state index in [9.17, 15) is 9.59 Å². The molecule has 2 saturated heterocycles. The number of hydrogen-bond donors (Lipinski definition) is 0. The smallest absolute Gasteiger partial charge is 0.303 e. The Morgan fingerprint density at radius 3 is 2.11 bits per heavy atom. The van der Waals surface area contributed by atoms with Gasteiger partial charge in [0.15, 0.2) is 0 Å². The van der Waals surface area contributed by atoms with Crippen LogP contribution < -0.4 is 4.90 Å². The van der Waals surface area contributed by atoms with E-state index in [4.69, 9.17) is 4.74 Å². The van der Waals surface area contributed by atoms with Crippen molar-refractivity contribution in [2.45, 2.75) is 31.3 Å². The van der Waals surface area contributed by atoms with Crippen LogP contribution in [0.1, 0.15) is 28.8 Å². The van der Waals surface area contributed by atoms with Crippen molar-refractivity contribution in [3.05, 3.63) is 62.3 Å². The normalized spacial score (nSPS) is 26.8. The summed E-state index contributed by atoms with van der Waals surface area (Å²) in [4.78, 5) is 30.9. The predicted molar refractivity (Wildman–Crippen MR) is 107 cm³/mol. The highest BCUT2D eigenvalue weighted by Crippen LogP contribution is 2.56. The number of amides is 1. The third kappa shape index (κ3) is 2.70. The lowest BCUT2D eigenvalue weighted by molar-refractivity contribution is -0.183. The molecule has 5 nitrogen and oxygen atoms in total. The lowest BCUT2D eigenvalue weighted by Gasteiger charge is -2.45. The molecule has 0 aromatic carbocycles.